The molecule has 0 heterocycles. The highest BCUT2D eigenvalue weighted by molar-refractivity contribution is 5.66. The maximum absolute atomic E-state index is 10.2. The first-order valence-electron chi connectivity index (χ1n) is 12.0. The maximum atomic E-state index is 10.2. The van der Waals surface area contributed by atoms with Crippen molar-refractivity contribution in [2.75, 3.05) is 19.8 Å². The number of hydrogen-bond donors (Lipinski definition) is 5. The largest absolute Gasteiger partial charge is 0.481 e. The predicted octanol–water partition coefficient (Wildman–Crippen LogP) is 5.00. The van der Waals surface area contributed by atoms with Crippen LogP contribution in [0.25, 0.3) is 0 Å². The van der Waals surface area contributed by atoms with Gasteiger partial charge >= 0.3 is 11.9 Å². The highest BCUT2D eigenvalue weighted by Gasteiger charge is 2.24. The fourth-order valence-electron chi connectivity index (χ4n) is 2.60. The van der Waals surface area contributed by atoms with Gasteiger partial charge in [0.15, 0.2) is 0 Å². The van der Waals surface area contributed by atoms with Crippen LogP contribution in [0.3, 0.4) is 0 Å². The number of hydrogen-bond acceptors (Lipinski definition) is 5. The van der Waals surface area contributed by atoms with E-state index in [-0.39, 0.29) is 19.8 Å². The first kappa shape index (κ1) is 34.4. The van der Waals surface area contributed by atoms with Crippen LogP contribution in [0.15, 0.2) is 0 Å². The van der Waals surface area contributed by atoms with Crippen molar-refractivity contribution in [3.8, 4) is 0 Å². The molecule has 0 amide bonds. The van der Waals surface area contributed by atoms with Gasteiger partial charge in [-0.1, -0.05) is 85.0 Å². The van der Waals surface area contributed by atoms with E-state index in [0.717, 1.165) is 32.1 Å². The Balaban J connectivity index is -0.000000390. The standard InChI is InChI=1S/C11H22O2.C7H14O2.C6H14O3/c1-2-3-4-5-6-7-8-9-10-11(12)13;1-2-3-4-5-6-7(8)9;1-2-6(3-7,4-8)5-9/h2-10H2,1H3,(H,12,13);2-6H2,1H3,(H,8,9);7-9H,2-5H2,1H3. The van der Waals surface area contributed by atoms with Gasteiger partial charge in [-0.25, -0.2) is 0 Å². The van der Waals surface area contributed by atoms with E-state index in [1.807, 2.05) is 6.92 Å². The number of rotatable bonds is 18. The minimum Gasteiger partial charge on any atom is -0.481 e. The third kappa shape index (κ3) is 28.8. The van der Waals surface area contributed by atoms with Crippen molar-refractivity contribution in [3.05, 3.63) is 0 Å². The van der Waals surface area contributed by atoms with Crippen molar-refractivity contribution in [3.63, 3.8) is 0 Å². The van der Waals surface area contributed by atoms with E-state index in [1.54, 1.807) is 0 Å². The van der Waals surface area contributed by atoms with Gasteiger partial charge in [0.2, 0.25) is 0 Å². The molecule has 0 saturated heterocycles. The van der Waals surface area contributed by atoms with Gasteiger partial charge < -0.3 is 25.5 Å². The average Bonchev–Trinajstić information content (AvgIpc) is 2.76. The molecule has 0 fully saturated rings. The first-order chi connectivity index (χ1) is 14.8. The summed E-state index contributed by atoms with van der Waals surface area (Å²) in [6, 6.07) is 0. The number of unbranched alkanes of at least 4 members (excludes halogenated alkanes) is 10. The third-order valence-electron chi connectivity index (χ3n) is 5.24. The molecule has 0 aliphatic heterocycles. The fraction of sp³-hybridized carbons (Fsp3) is 0.917. The summed E-state index contributed by atoms with van der Waals surface area (Å²) >= 11 is 0. The zero-order valence-corrected chi connectivity index (χ0v) is 20.3. The van der Waals surface area contributed by atoms with Gasteiger partial charge in [-0.15, -0.1) is 0 Å². The molecule has 0 aromatic heterocycles. The van der Waals surface area contributed by atoms with E-state index in [0.29, 0.717) is 19.3 Å². The Hall–Kier alpha value is -1.18. The van der Waals surface area contributed by atoms with Gasteiger partial charge in [-0.2, -0.15) is 0 Å². The van der Waals surface area contributed by atoms with Crippen molar-refractivity contribution in [2.24, 2.45) is 5.41 Å². The molecule has 0 spiro atoms. The van der Waals surface area contributed by atoms with E-state index < -0.39 is 17.4 Å². The van der Waals surface area contributed by atoms with Gasteiger partial charge in [-0.3, -0.25) is 9.59 Å². The SMILES string of the molecule is CCC(CO)(CO)CO.CCCCCCC(=O)O.CCCCCCCCCCC(=O)O. The molecule has 0 aliphatic rings. The summed E-state index contributed by atoms with van der Waals surface area (Å²) < 4.78 is 0. The molecule has 188 valence electrons. The summed E-state index contributed by atoms with van der Waals surface area (Å²) in [6.07, 6.45) is 15.2. The normalized spacial score (nSPS) is 10.5. The lowest BCUT2D eigenvalue weighted by Gasteiger charge is -2.24. The second-order valence-corrected chi connectivity index (χ2v) is 8.15. The highest BCUT2D eigenvalue weighted by Crippen LogP contribution is 2.18. The number of carbonyl (C=O) groups is 2. The minimum absolute atomic E-state index is 0.156. The summed E-state index contributed by atoms with van der Waals surface area (Å²) in [7, 11) is 0. The van der Waals surface area contributed by atoms with Crippen molar-refractivity contribution < 1.29 is 35.1 Å². The zero-order valence-electron chi connectivity index (χ0n) is 20.3. The van der Waals surface area contributed by atoms with Crippen molar-refractivity contribution in [1.82, 2.24) is 0 Å². The van der Waals surface area contributed by atoms with Crippen molar-refractivity contribution in [1.29, 1.82) is 0 Å². The molecule has 31 heavy (non-hydrogen) atoms. The summed E-state index contributed by atoms with van der Waals surface area (Å²) in [4.78, 5) is 20.1. The third-order valence-corrected chi connectivity index (χ3v) is 5.24. The quantitative estimate of drug-likeness (QED) is 0.185. The molecule has 0 aromatic rings. The Kier molecular flexibility index (Phi) is 29.8. The molecule has 7 heteroatoms. The van der Waals surface area contributed by atoms with Gasteiger partial charge in [0.1, 0.15) is 0 Å². The van der Waals surface area contributed by atoms with E-state index in [2.05, 4.69) is 13.8 Å². The fourth-order valence-corrected chi connectivity index (χ4v) is 2.60. The van der Waals surface area contributed by atoms with Crippen LogP contribution in [0.1, 0.15) is 117 Å². The van der Waals surface area contributed by atoms with Crippen LogP contribution in [-0.2, 0) is 9.59 Å². The molecule has 0 atom stereocenters. The second kappa shape index (κ2) is 26.9. The molecule has 0 radical (unpaired) electrons. The first-order valence-corrected chi connectivity index (χ1v) is 12.0. The number of aliphatic hydroxyl groups excluding tert-OH is 3. The number of carboxylic acid groups (broad SMARTS) is 2. The molecule has 0 bridgehead atoms. The molecule has 0 aromatic carbocycles. The van der Waals surface area contributed by atoms with E-state index in [4.69, 9.17) is 25.5 Å². The Bertz CT molecular complexity index is 365. The van der Waals surface area contributed by atoms with E-state index in [9.17, 15) is 9.59 Å². The van der Waals surface area contributed by atoms with Crippen LogP contribution in [0, 0.1) is 5.41 Å². The smallest absolute Gasteiger partial charge is 0.303 e. The lowest BCUT2D eigenvalue weighted by atomic mass is 9.88. The van der Waals surface area contributed by atoms with E-state index >= 15 is 0 Å². The number of aliphatic carboxylic acids is 2. The monoisotopic (exact) mass is 450 g/mol. The molecule has 0 rings (SSSR count). The van der Waals surface area contributed by atoms with Gasteiger partial charge in [0, 0.05) is 18.3 Å². The van der Waals surface area contributed by atoms with Crippen LogP contribution in [0.4, 0.5) is 0 Å². The molecule has 0 saturated carbocycles. The van der Waals surface area contributed by atoms with Crippen LogP contribution in [0.2, 0.25) is 0 Å². The average molecular weight is 451 g/mol. The predicted molar refractivity (Wildman–Crippen MR) is 125 cm³/mol. The zero-order chi connectivity index (χ0) is 24.4. The van der Waals surface area contributed by atoms with Crippen LogP contribution < -0.4 is 0 Å². The molecule has 0 aliphatic carbocycles. The van der Waals surface area contributed by atoms with Crippen LogP contribution in [-0.4, -0.2) is 57.3 Å². The minimum atomic E-state index is -0.675. The Morgan fingerprint density at radius 1 is 0.548 bits per heavy atom. The summed E-state index contributed by atoms with van der Waals surface area (Å²) in [6.45, 7) is 5.68. The second-order valence-electron chi connectivity index (χ2n) is 8.15. The molecular weight excluding hydrogens is 400 g/mol. The maximum Gasteiger partial charge on any atom is 0.303 e. The lowest BCUT2D eigenvalue weighted by molar-refractivity contribution is -0.138. The Morgan fingerprint density at radius 2 is 0.839 bits per heavy atom. The van der Waals surface area contributed by atoms with Crippen LogP contribution in [0.5, 0.6) is 0 Å². The highest BCUT2D eigenvalue weighted by atomic mass is 16.4. The number of carboxylic acids is 2. The van der Waals surface area contributed by atoms with E-state index in [1.165, 1.54) is 44.9 Å². The number of aliphatic hydroxyl groups is 3. The van der Waals surface area contributed by atoms with Gasteiger partial charge in [0.05, 0.1) is 19.8 Å². The summed E-state index contributed by atoms with van der Waals surface area (Å²) in [5.41, 5.74) is -0.667. The molecule has 7 nitrogen and oxygen atoms in total. The van der Waals surface area contributed by atoms with Gasteiger partial charge in [-0.05, 0) is 19.3 Å². The Morgan fingerprint density at radius 3 is 1.06 bits per heavy atom. The molecule has 5 N–H and O–H groups in total. The van der Waals surface area contributed by atoms with Crippen molar-refractivity contribution in [2.45, 2.75) is 117 Å². The summed E-state index contributed by atoms with van der Waals surface area (Å²) in [5, 5.41) is 42.6. The van der Waals surface area contributed by atoms with Crippen LogP contribution >= 0.6 is 0 Å². The molecule has 0 unspecified atom stereocenters. The molecular formula is C24H50O7. The Labute approximate surface area is 189 Å². The summed E-state index contributed by atoms with van der Waals surface area (Å²) in [5.74, 6) is -1.34. The lowest BCUT2D eigenvalue weighted by Crippen LogP contribution is -2.32. The topological polar surface area (TPSA) is 135 Å². The van der Waals surface area contributed by atoms with Crippen molar-refractivity contribution >= 4 is 11.9 Å². The van der Waals surface area contributed by atoms with Gasteiger partial charge in [0.25, 0.3) is 0 Å².